The smallest absolute Gasteiger partial charge is 0.311 e. The number of carbonyl (C=O) groups is 1. The molecule has 0 bridgehead atoms. The highest BCUT2D eigenvalue weighted by Gasteiger charge is 2.20. The highest BCUT2D eigenvalue weighted by Crippen LogP contribution is 2.32. The Morgan fingerprint density at radius 1 is 1.48 bits per heavy atom. The summed E-state index contributed by atoms with van der Waals surface area (Å²) in [5.41, 5.74) is 6.70. The summed E-state index contributed by atoms with van der Waals surface area (Å²) in [6.45, 7) is 6.19. The Kier molecular flexibility index (Phi) is 6.10. The van der Waals surface area contributed by atoms with Gasteiger partial charge in [0.05, 0.1) is 17.6 Å². The van der Waals surface area contributed by atoms with Gasteiger partial charge < -0.3 is 15.8 Å². The third-order valence-corrected chi connectivity index (χ3v) is 3.04. The number of hydrogen-bond donors (Lipinski definition) is 2. The van der Waals surface area contributed by atoms with Crippen molar-refractivity contribution in [2.24, 2.45) is 5.73 Å². The molecule has 7 nitrogen and oxygen atoms in total. The normalized spacial score (nSPS) is 12.0. The van der Waals surface area contributed by atoms with Crippen LogP contribution in [0.2, 0.25) is 0 Å². The first-order chi connectivity index (χ1) is 9.86. The Labute approximate surface area is 123 Å². The van der Waals surface area contributed by atoms with Crippen molar-refractivity contribution in [2.75, 3.05) is 13.2 Å². The summed E-state index contributed by atoms with van der Waals surface area (Å²) in [6.07, 6.45) is 0.355. The van der Waals surface area contributed by atoms with Crippen LogP contribution < -0.4 is 15.8 Å². The molecule has 1 aromatic rings. The van der Waals surface area contributed by atoms with Gasteiger partial charge in [0.1, 0.15) is 0 Å². The third-order valence-electron chi connectivity index (χ3n) is 3.04. The lowest BCUT2D eigenvalue weighted by Gasteiger charge is -2.15. The van der Waals surface area contributed by atoms with Crippen LogP contribution in [0.4, 0.5) is 5.69 Å². The van der Waals surface area contributed by atoms with Crippen molar-refractivity contribution in [1.29, 1.82) is 0 Å². The summed E-state index contributed by atoms with van der Waals surface area (Å²) in [5, 5.41) is 14.0. The van der Waals surface area contributed by atoms with Gasteiger partial charge in [-0.05, 0) is 31.5 Å². The quantitative estimate of drug-likeness (QED) is 0.557. The molecule has 3 N–H and O–H groups in total. The monoisotopic (exact) mass is 295 g/mol. The number of carbonyl (C=O) groups excluding carboxylic acids is 1. The first-order valence-corrected chi connectivity index (χ1v) is 6.78. The molecule has 116 valence electrons. The van der Waals surface area contributed by atoms with Gasteiger partial charge in [-0.25, -0.2) is 0 Å². The minimum Gasteiger partial charge on any atom is -0.487 e. The summed E-state index contributed by atoms with van der Waals surface area (Å²) in [5.74, 6) is -0.221. The molecule has 21 heavy (non-hydrogen) atoms. The van der Waals surface area contributed by atoms with Crippen molar-refractivity contribution in [3.8, 4) is 5.75 Å². The fraction of sp³-hybridized carbons (Fsp3) is 0.500. The number of hydrogen-bond acceptors (Lipinski definition) is 5. The van der Waals surface area contributed by atoms with Crippen LogP contribution in [-0.2, 0) is 4.79 Å². The van der Waals surface area contributed by atoms with Crippen LogP contribution in [0.25, 0.3) is 0 Å². The molecule has 0 fully saturated rings. The third kappa shape index (κ3) is 4.71. The molecule has 0 spiro atoms. The minimum absolute atomic E-state index is 0.0634. The van der Waals surface area contributed by atoms with Gasteiger partial charge in [-0.15, -0.1) is 0 Å². The number of nitrogens with two attached hydrogens (primary N) is 1. The summed E-state index contributed by atoms with van der Waals surface area (Å²) in [4.78, 5) is 21.8. The predicted molar refractivity (Wildman–Crippen MR) is 79.3 cm³/mol. The molecular formula is C14H21N3O4. The maximum Gasteiger partial charge on any atom is 0.311 e. The van der Waals surface area contributed by atoms with E-state index >= 15 is 0 Å². The zero-order valence-electron chi connectivity index (χ0n) is 12.5. The van der Waals surface area contributed by atoms with Crippen molar-refractivity contribution in [3.05, 3.63) is 33.4 Å². The number of aryl methyl sites for hydroxylation is 2. The van der Waals surface area contributed by atoms with Crippen LogP contribution >= 0.6 is 0 Å². The van der Waals surface area contributed by atoms with Gasteiger partial charge in [-0.3, -0.25) is 14.9 Å². The van der Waals surface area contributed by atoms with Crippen LogP contribution in [0, 0.1) is 24.0 Å². The van der Waals surface area contributed by atoms with E-state index in [0.29, 0.717) is 18.5 Å². The van der Waals surface area contributed by atoms with Crippen molar-refractivity contribution in [1.82, 2.24) is 5.32 Å². The van der Waals surface area contributed by atoms with Crippen molar-refractivity contribution >= 4 is 11.6 Å². The largest absolute Gasteiger partial charge is 0.487 e. The lowest BCUT2D eigenvalue weighted by Crippen LogP contribution is -2.42. The average molecular weight is 295 g/mol. The number of benzene rings is 1. The molecule has 1 unspecified atom stereocenters. The van der Waals surface area contributed by atoms with Crippen LogP contribution in [0.1, 0.15) is 24.5 Å². The van der Waals surface area contributed by atoms with E-state index in [4.69, 9.17) is 10.5 Å². The zero-order valence-corrected chi connectivity index (χ0v) is 12.5. The molecule has 0 saturated heterocycles. The second-order valence-corrected chi connectivity index (χ2v) is 4.84. The van der Waals surface area contributed by atoms with Crippen molar-refractivity contribution in [3.63, 3.8) is 0 Å². The Balaban J connectivity index is 2.79. The van der Waals surface area contributed by atoms with E-state index in [1.54, 1.807) is 13.8 Å². The van der Waals surface area contributed by atoms with Gasteiger partial charge in [-0.2, -0.15) is 0 Å². The Bertz CT molecular complexity index is 531. The van der Waals surface area contributed by atoms with Gasteiger partial charge in [0.15, 0.2) is 5.75 Å². The lowest BCUT2D eigenvalue weighted by molar-refractivity contribution is -0.386. The van der Waals surface area contributed by atoms with E-state index in [-0.39, 0.29) is 18.0 Å². The van der Waals surface area contributed by atoms with Crippen LogP contribution in [0.15, 0.2) is 12.1 Å². The van der Waals surface area contributed by atoms with E-state index in [2.05, 4.69) is 5.32 Å². The molecule has 0 radical (unpaired) electrons. The number of ether oxygens (including phenoxy) is 1. The molecule has 0 heterocycles. The van der Waals surface area contributed by atoms with Crippen molar-refractivity contribution < 1.29 is 14.5 Å². The molecular weight excluding hydrogens is 274 g/mol. The molecule has 0 aliphatic carbocycles. The highest BCUT2D eigenvalue weighted by atomic mass is 16.6. The van der Waals surface area contributed by atoms with Gasteiger partial charge in [0.2, 0.25) is 5.91 Å². The number of nitrogens with zero attached hydrogens (tertiary/aromatic N) is 1. The van der Waals surface area contributed by atoms with E-state index in [9.17, 15) is 14.9 Å². The Hall–Kier alpha value is -2.15. The SMILES string of the molecule is CCNC(CCOc1c(C)cc(C)cc1[N+](=O)[O-])C(N)=O. The number of nitro benzene ring substituents is 1. The molecule has 1 amide bonds. The first kappa shape index (κ1) is 16.9. The van der Waals surface area contributed by atoms with Gasteiger partial charge in [0, 0.05) is 12.5 Å². The molecule has 0 aliphatic rings. The number of amides is 1. The molecule has 7 heteroatoms. The summed E-state index contributed by atoms with van der Waals surface area (Å²) < 4.78 is 5.52. The second-order valence-electron chi connectivity index (χ2n) is 4.84. The van der Waals surface area contributed by atoms with E-state index in [1.807, 2.05) is 13.0 Å². The second kappa shape index (κ2) is 7.58. The van der Waals surface area contributed by atoms with Gasteiger partial charge in [-0.1, -0.05) is 13.0 Å². The van der Waals surface area contributed by atoms with Crippen LogP contribution in [0.3, 0.4) is 0 Å². The van der Waals surface area contributed by atoms with E-state index < -0.39 is 16.9 Å². The molecule has 1 aromatic carbocycles. The number of rotatable bonds is 8. The first-order valence-electron chi connectivity index (χ1n) is 6.78. The van der Waals surface area contributed by atoms with Crippen LogP contribution in [-0.4, -0.2) is 30.0 Å². The summed E-state index contributed by atoms with van der Waals surface area (Å²) in [7, 11) is 0. The number of primary amides is 1. The fourth-order valence-corrected chi connectivity index (χ4v) is 2.13. The van der Waals surface area contributed by atoms with E-state index in [1.165, 1.54) is 6.07 Å². The molecule has 0 aliphatic heterocycles. The maximum atomic E-state index is 11.2. The number of nitro groups is 1. The molecule has 1 atom stereocenters. The average Bonchev–Trinajstić information content (AvgIpc) is 2.38. The number of likely N-dealkylation sites (N-methyl/N-ethyl adjacent to an activating group) is 1. The fourth-order valence-electron chi connectivity index (χ4n) is 2.13. The van der Waals surface area contributed by atoms with Gasteiger partial charge >= 0.3 is 5.69 Å². The lowest BCUT2D eigenvalue weighted by atomic mass is 10.1. The maximum absolute atomic E-state index is 11.2. The Morgan fingerprint density at radius 2 is 2.14 bits per heavy atom. The van der Waals surface area contributed by atoms with Gasteiger partial charge in [0.25, 0.3) is 0 Å². The topological polar surface area (TPSA) is 107 Å². The Morgan fingerprint density at radius 3 is 2.67 bits per heavy atom. The summed E-state index contributed by atoms with van der Waals surface area (Å²) in [6, 6.07) is 2.79. The van der Waals surface area contributed by atoms with Crippen LogP contribution in [0.5, 0.6) is 5.75 Å². The predicted octanol–water partition coefficient (Wildman–Crippen LogP) is 1.44. The highest BCUT2D eigenvalue weighted by molar-refractivity contribution is 5.79. The standard InChI is InChI=1S/C14H21N3O4/c1-4-16-11(14(15)18)5-6-21-13-10(3)7-9(2)8-12(13)17(19)20/h7-8,11,16H,4-6H2,1-3H3,(H2,15,18). The van der Waals surface area contributed by atoms with E-state index in [0.717, 1.165) is 5.56 Å². The molecule has 0 aromatic heterocycles. The zero-order chi connectivity index (χ0) is 16.0. The summed E-state index contributed by atoms with van der Waals surface area (Å²) >= 11 is 0. The number of nitrogens with one attached hydrogen (secondary N) is 1. The minimum atomic E-state index is -0.500. The molecule has 0 saturated carbocycles. The van der Waals surface area contributed by atoms with Crippen molar-refractivity contribution in [2.45, 2.75) is 33.2 Å². The molecule has 1 rings (SSSR count).